The minimum atomic E-state index is -0.438. The van der Waals surface area contributed by atoms with Crippen molar-refractivity contribution in [1.29, 1.82) is 0 Å². The van der Waals surface area contributed by atoms with Gasteiger partial charge in [-0.05, 0) is 48.7 Å². The molecule has 0 fully saturated rings. The van der Waals surface area contributed by atoms with E-state index in [1.54, 1.807) is 12.1 Å². The topological polar surface area (TPSA) is 90.4 Å². The van der Waals surface area contributed by atoms with Gasteiger partial charge in [-0.15, -0.1) is 24.0 Å². The van der Waals surface area contributed by atoms with Gasteiger partial charge in [-0.1, -0.05) is 12.1 Å². The molecule has 2 aromatic rings. The molecule has 0 bridgehead atoms. The second kappa shape index (κ2) is 12.2. The third kappa shape index (κ3) is 6.65. The van der Waals surface area contributed by atoms with E-state index in [0.717, 1.165) is 35.6 Å². The Kier molecular flexibility index (Phi) is 9.70. The maximum Gasteiger partial charge on any atom is 0.341 e. The molecule has 0 spiro atoms. The molecule has 0 aliphatic carbocycles. The van der Waals surface area contributed by atoms with Crippen LogP contribution in [0.3, 0.4) is 0 Å². The van der Waals surface area contributed by atoms with Crippen molar-refractivity contribution in [2.45, 2.75) is 19.9 Å². The van der Waals surface area contributed by atoms with Crippen molar-refractivity contribution in [2.75, 3.05) is 34.1 Å². The van der Waals surface area contributed by atoms with Crippen LogP contribution in [-0.4, -0.2) is 46.0 Å². The molecule has 9 heteroatoms. The van der Waals surface area contributed by atoms with Crippen LogP contribution in [0.4, 0.5) is 0 Å². The number of aliphatic imine (C=N–C) groups is 1. The number of carbonyl (C=O) groups is 1. The molecule has 1 heterocycles. The average Bonchev–Trinajstić information content (AvgIpc) is 3.24. The monoisotopic (exact) mass is 541 g/mol. The Morgan fingerprint density at radius 1 is 1.06 bits per heavy atom. The van der Waals surface area contributed by atoms with Crippen LogP contribution in [0.25, 0.3) is 0 Å². The number of nitrogens with zero attached hydrogens (tertiary/aromatic N) is 1. The van der Waals surface area contributed by atoms with E-state index in [1.165, 1.54) is 14.2 Å². The van der Waals surface area contributed by atoms with E-state index < -0.39 is 5.97 Å². The summed E-state index contributed by atoms with van der Waals surface area (Å²) in [5.41, 5.74) is 2.41. The fourth-order valence-electron chi connectivity index (χ4n) is 3.06. The first-order chi connectivity index (χ1) is 14.6. The zero-order valence-corrected chi connectivity index (χ0v) is 20.2. The molecule has 0 saturated carbocycles. The fourth-order valence-corrected chi connectivity index (χ4v) is 3.06. The Labute approximate surface area is 199 Å². The van der Waals surface area contributed by atoms with Gasteiger partial charge in [0.05, 0.1) is 20.8 Å². The van der Waals surface area contributed by atoms with Crippen molar-refractivity contribution in [1.82, 2.24) is 10.6 Å². The lowest BCUT2D eigenvalue weighted by Gasteiger charge is -2.12. The van der Waals surface area contributed by atoms with Crippen LogP contribution in [0.5, 0.6) is 17.2 Å². The molecular weight excluding hydrogens is 513 g/mol. The molecule has 0 aromatic heterocycles. The summed E-state index contributed by atoms with van der Waals surface area (Å²) in [5, 5.41) is 6.56. The molecule has 3 rings (SSSR count). The third-order valence-corrected chi connectivity index (χ3v) is 4.58. The zero-order valence-electron chi connectivity index (χ0n) is 17.9. The van der Waals surface area contributed by atoms with Crippen LogP contribution in [0.15, 0.2) is 41.4 Å². The fraction of sp³-hybridized carbons (Fsp3) is 0.364. The quantitative estimate of drug-likeness (QED) is 0.230. The van der Waals surface area contributed by atoms with Crippen LogP contribution in [-0.2, 0) is 17.7 Å². The number of benzene rings is 2. The van der Waals surface area contributed by atoms with Crippen molar-refractivity contribution in [3.05, 3.63) is 53.1 Å². The van der Waals surface area contributed by atoms with Crippen molar-refractivity contribution >= 4 is 35.9 Å². The van der Waals surface area contributed by atoms with Crippen molar-refractivity contribution in [3.8, 4) is 17.2 Å². The Bertz CT molecular complexity index is 920. The lowest BCUT2D eigenvalue weighted by atomic mass is 10.1. The molecule has 2 aromatic carbocycles. The first kappa shape index (κ1) is 24.6. The van der Waals surface area contributed by atoms with E-state index >= 15 is 0 Å². The van der Waals surface area contributed by atoms with E-state index in [0.29, 0.717) is 30.4 Å². The van der Waals surface area contributed by atoms with Gasteiger partial charge in [-0.25, -0.2) is 9.79 Å². The highest BCUT2D eigenvalue weighted by molar-refractivity contribution is 14.0. The molecule has 168 valence electrons. The second-order valence-electron chi connectivity index (χ2n) is 6.59. The van der Waals surface area contributed by atoms with Crippen LogP contribution < -0.4 is 24.8 Å². The minimum Gasteiger partial charge on any atom is -0.496 e. The molecule has 0 unspecified atom stereocenters. The summed E-state index contributed by atoms with van der Waals surface area (Å²) in [5.74, 6) is 2.31. The molecule has 0 atom stereocenters. The molecule has 0 radical (unpaired) electrons. The average molecular weight is 541 g/mol. The predicted molar refractivity (Wildman–Crippen MR) is 129 cm³/mol. The van der Waals surface area contributed by atoms with Crippen LogP contribution >= 0.6 is 24.0 Å². The van der Waals surface area contributed by atoms with E-state index in [2.05, 4.69) is 15.6 Å². The van der Waals surface area contributed by atoms with Gasteiger partial charge < -0.3 is 29.6 Å². The van der Waals surface area contributed by atoms with E-state index in [4.69, 9.17) is 18.9 Å². The molecule has 0 saturated heterocycles. The number of ether oxygens (including phenoxy) is 4. The summed E-state index contributed by atoms with van der Waals surface area (Å²) in [4.78, 5) is 16.6. The molecular formula is C22H28IN3O5. The Morgan fingerprint density at radius 2 is 1.84 bits per heavy atom. The summed E-state index contributed by atoms with van der Waals surface area (Å²) in [6, 6.07) is 11.3. The third-order valence-electron chi connectivity index (χ3n) is 4.58. The number of esters is 1. The lowest BCUT2D eigenvalue weighted by Crippen LogP contribution is -2.38. The molecule has 2 N–H and O–H groups in total. The van der Waals surface area contributed by atoms with Gasteiger partial charge in [0.1, 0.15) is 11.3 Å². The summed E-state index contributed by atoms with van der Waals surface area (Å²) >= 11 is 0. The zero-order chi connectivity index (χ0) is 21.3. The first-order valence-electron chi connectivity index (χ1n) is 9.80. The van der Waals surface area contributed by atoms with Gasteiger partial charge in [0.2, 0.25) is 6.79 Å². The summed E-state index contributed by atoms with van der Waals surface area (Å²) in [6.07, 6.45) is 0.816. The van der Waals surface area contributed by atoms with Gasteiger partial charge >= 0.3 is 5.97 Å². The SMILES string of the molecule is CCNC(=NCc1ccc(OC)c(C(=O)OC)c1)NCCc1ccc2c(c1)OCO2.I. The van der Waals surface area contributed by atoms with E-state index in [9.17, 15) is 4.79 Å². The number of guanidine groups is 1. The number of methoxy groups -OCH3 is 2. The lowest BCUT2D eigenvalue weighted by molar-refractivity contribution is 0.0597. The normalized spacial score (nSPS) is 12.0. The summed E-state index contributed by atoms with van der Waals surface area (Å²) in [6.45, 7) is 4.15. The number of hydrogen-bond acceptors (Lipinski definition) is 6. The van der Waals surface area contributed by atoms with Gasteiger partial charge in [0.15, 0.2) is 17.5 Å². The highest BCUT2D eigenvalue weighted by Gasteiger charge is 2.14. The van der Waals surface area contributed by atoms with Gasteiger partial charge in [-0.3, -0.25) is 0 Å². The van der Waals surface area contributed by atoms with Crippen LogP contribution in [0, 0.1) is 0 Å². The highest BCUT2D eigenvalue weighted by Crippen LogP contribution is 2.32. The van der Waals surface area contributed by atoms with E-state index in [1.807, 2.05) is 31.2 Å². The predicted octanol–water partition coefficient (Wildman–Crippen LogP) is 3.13. The summed E-state index contributed by atoms with van der Waals surface area (Å²) in [7, 11) is 2.87. The number of rotatable bonds is 8. The molecule has 8 nitrogen and oxygen atoms in total. The minimum absolute atomic E-state index is 0. The number of fused-ring (bicyclic) bond motifs is 1. The molecule has 1 aliphatic rings. The molecule has 31 heavy (non-hydrogen) atoms. The first-order valence-corrected chi connectivity index (χ1v) is 9.80. The largest absolute Gasteiger partial charge is 0.496 e. The number of halogens is 1. The Hall–Kier alpha value is -2.69. The number of carbonyl (C=O) groups excluding carboxylic acids is 1. The second-order valence-corrected chi connectivity index (χ2v) is 6.59. The van der Waals surface area contributed by atoms with Crippen molar-refractivity contribution in [2.24, 2.45) is 4.99 Å². The maximum absolute atomic E-state index is 12.0. The van der Waals surface area contributed by atoms with Gasteiger partial charge in [-0.2, -0.15) is 0 Å². The highest BCUT2D eigenvalue weighted by atomic mass is 127. The molecule has 0 amide bonds. The Morgan fingerprint density at radius 3 is 2.58 bits per heavy atom. The smallest absolute Gasteiger partial charge is 0.341 e. The van der Waals surface area contributed by atoms with Gasteiger partial charge in [0, 0.05) is 13.1 Å². The number of nitrogens with one attached hydrogen (secondary N) is 2. The van der Waals surface area contributed by atoms with Crippen molar-refractivity contribution < 1.29 is 23.7 Å². The number of hydrogen-bond donors (Lipinski definition) is 2. The van der Waals surface area contributed by atoms with E-state index in [-0.39, 0.29) is 30.8 Å². The molecule has 1 aliphatic heterocycles. The van der Waals surface area contributed by atoms with Crippen molar-refractivity contribution in [3.63, 3.8) is 0 Å². The van der Waals surface area contributed by atoms with Gasteiger partial charge in [0.25, 0.3) is 0 Å². The summed E-state index contributed by atoms with van der Waals surface area (Å²) < 4.78 is 20.8. The van der Waals surface area contributed by atoms with Crippen LogP contribution in [0.2, 0.25) is 0 Å². The maximum atomic E-state index is 12.0. The van der Waals surface area contributed by atoms with Crippen LogP contribution in [0.1, 0.15) is 28.4 Å². The standard InChI is InChI=1S/C22H27N3O5.HI/c1-4-23-22(24-10-9-15-5-8-19-20(12-15)30-14-29-19)25-13-16-6-7-18(27-2)17(11-16)21(26)28-3;/h5-8,11-12H,4,9-10,13-14H2,1-3H3,(H2,23,24,25);1H. The Balaban J connectivity index is 0.00000341.